The minimum atomic E-state index is -3.37. The van der Waals surface area contributed by atoms with Crippen LogP contribution in [-0.2, 0) is 34.1 Å². The third-order valence-corrected chi connectivity index (χ3v) is 0. The van der Waals surface area contributed by atoms with E-state index in [2.05, 4.69) is 0 Å². The van der Waals surface area contributed by atoms with E-state index < -0.39 is 8.60 Å². The van der Waals surface area contributed by atoms with Gasteiger partial charge in [-0.2, -0.15) is 0 Å². The third kappa shape index (κ3) is 55.6. The molecule has 0 aromatic heterocycles. The van der Waals surface area contributed by atoms with E-state index in [1.165, 1.54) is 0 Å². The fourth-order valence-electron chi connectivity index (χ4n) is 0. The fraction of sp³-hybridized carbons (Fsp3) is 0. The van der Waals surface area contributed by atoms with Gasteiger partial charge in [-0.3, -0.25) is 0 Å². The van der Waals surface area contributed by atoms with Crippen LogP contribution in [0.4, 0.5) is 0 Å². The number of hydrogen-bond donors (Lipinski definition) is 0. The summed E-state index contributed by atoms with van der Waals surface area (Å²) in [6.07, 6.45) is 0. The normalized spacial score (nSPS) is 6.00. The van der Waals surface area contributed by atoms with Crippen LogP contribution >= 0.6 is 8.60 Å². The topological polar surface area (TPSA) is 69.2 Å². The SMILES string of the molecule is [Cu+2].[Mn+2].[O-]P([O-])[O-]. The molecule has 0 N–H and O–H groups in total. The second kappa shape index (κ2) is 9.60. The Morgan fingerprint density at radius 3 is 1.00 bits per heavy atom. The molecule has 6 heavy (non-hydrogen) atoms. The smallest absolute Gasteiger partial charge is 0.854 e. The Labute approximate surface area is 57.7 Å². The molecule has 0 unspecified atom stereocenters. The first-order chi connectivity index (χ1) is 1.73. The summed E-state index contributed by atoms with van der Waals surface area (Å²) in [7, 11) is -3.37. The molecule has 0 amide bonds. The van der Waals surface area contributed by atoms with Crippen molar-refractivity contribution in [2.75, 3.05) is 0 Å². The van der Waals surface area contributed by atoms with E-state index in [1.54, 1.807) is 0 Å². The van der Waals surface area contributed by atoms with E-state index in [-0.39, 0.29) is 34.1 Å². The Bertz CT molecular complexity index is 15.5. The minimum absolute atomic E-state index is 0. The first-order valence-electron chi connectivity index (χ1n) is 0.548. The summed E-state index contributed by atoms with van der Waals surface area (Å²) in [5.41, 5.74) is 0. The molecule has 2 radical (unpaired) electrons. The summed E-state index contributed by atoms with van der Waals surface area (Å²) in [4.78, 5) is 25.4. The molecule has 0 aliphatic carbocycles. The molecular formula is CuMnO3P+. The Morgan fingerprint density at radius 2 is 1.00 bits per heavy atom. The van der Waals surface area contributed by atoms with Gasteiger partial charge in [-0.25, -0.2) is 0 Å². The van der Waals surface area contributed by atoms with E-state index >= 15 is 0 Å². The molecule has 0 bridgehead atoms. The van der Waals surface area contributed by atoms with Gasteiger partial charge < -0.3 is 23.3 Å². The Balaban J connectivity index is -0.0000000450. The zero-order chi connectivity index (χ0) is 3.58. The monoisotopic (exact) mass is 197 g/mol. The van der Waals surface area contributed by atoms with Crippen molar-refractivity contribution in [1.82, 2.24) is 0 Å². The Kier molecular flexibility index (Phi) is 25.1. The molecule has 0 fully saturated rings. The summed E-state index contributed by atoms with van der Waals surface area (Å²) < 4.78 is 0. The predicted molar refractivity (Wildman–Crippen MR) is 6.92 cm³/mol. The first kappa shape index (κ1) is 15.7. The van der Waals surface area contributed by atoms with Crippen molar-refractivity contribution < 1.29 is 48.8 Å². The van der Waals surface area contributed by atoms with Crippen molar-refractivity contribution in [3.63, 3.8) is 0 Å². The molecule has 0 saturated carbocycles. The molecule has 0 aromatic carbocycles. The quantitative estimate of drug-likeness (QED) is 0.313. The molecule has 0 heterocycles. The van der Waals surface area contributed by atoms with E-state index in [1.807, 2.05) is 0 Å². The molecule has 0 atom stereocenters. The fourth-order valence-corrected chi connectivity index (χ4v) is 0. The maximum atomic E-state index is 8.48. The Morgan fingerprint density at radius 1 is 1.00 bits per heavy atom. The van der Waals surface area contributed by atoms with Gasteiger partial charge in [0.25, 0.3) is 0 Å². The first-order valence-corrected chi connectivity index (χ1v) is 1.64. The third-order valence-electron chi connectivity index (χ3n) is 0. The standard InChI is InChI=1S/Cu.Mn.O3P/c;;1-4(2)3/q2*+2;-3. The summed E-state index contributed by atoms with van der Waals surface area (Å²) >= 11 is 0. The van der Waals surface area contributed by atoms with Crippen LogP contribution in [0.3, 0.4) is 0 Å². The van der Waals surface area contributed by atoms with Crippen LogP contribution in [0.1, 0.15) is 0 Å². The maximum Gasteiger partial charge on any atom is 2.00 e. The average molecular weight is 197 g/mol. The molecule has 6 heteroatoms. The van der Waals surface area contributed by atoms with Gasteiger partial charge in [-0.05, 0) is 0 Å². The zero-order valence-electron chi connectivity index (χ0n) is 2.35. The number of rotatable bonds is 0. The van der Waals surface area contributed by atoms with Crippen LogP contribution < -0.4 is 14.7 Å². The zero-order valence-corrected chi connectivity index (χ0v) is 5.37. The van der Waals surface area contributed by atoms with Crippen molar-refractivity contribution >= 4 is 8.60 Å². The van der Waals surface area contributed by atoms with Gasteiger partial charge in [0.2, 0.25) is 0 Å². The van der Waals surface area contributed by atoms with Crippen molar-refractivity contribution in [1.29, 1.82) is 0 Å². The molecule has 0 aromatic rings. The van der Waals surface area contributed by atoms with Gasteiger partial charge in [0, 0.05) is 0 Å². The second-order valence-electron chi connectivity index (χ2n) is 0.224. The van der Waals surface area contributed by atoms with Gasteiger partial charge in [-0.1, -0.05) is 0 Å². The van der Waals surface area contributed by atoms with Gasteiger partial charge >= 0.3 is 34.1 Å². The molecular weight excluding hydrogens is 197 g/mol. The molecule has 0 aliphatic heterocycles. The maximum absolute atomic E-state index is 8.48. The van der Waals surface area contributed by atoms with E-state index in [0.29, 0.717) is 0 Å². The van der Waals surface area contributed by atoms with Crippen LogP contribution in [0, 0.1) is 0 Å². The largest absolute Gasteiger partial charge is 2.00 e. The van der Waals surface area contributed by atoms with Gasteiger partial charge in [0.1, 0.15) is 0 Å². The van der Waals surface area contributed by atoms with Crippen molar-refractivity contribution in [2.24, 2.45) is 0 Å². The minimum Gasteiger partial charge on any atom is -0.854 e. The van der Waals surface area contributed by atoms with Crippen LogP contribution in [0.15, 0.2) is 0 Å². The van der Waals surface area contributed by atoms with Crippen molar-refractivity contribution in [3.8, 4) is 0 Å². The van der Waals surface area contributed by atoms with Gasteiger partial charge in [0.05, 0.1) is 0 Å². The predicted octanol–water partition coefficient (Wildman–Crippen LogP) is -2.71. The van der Waals surface area contributed by atoms with Crippen LogP contribution in [0.25, 0.3) is 0 Å². The van der Waals surface area contributed by atoms with Crippen LogP contribution in [0.5, 0.6) is 0 Å². The molecule has 0 saturated heterocycles. The molecule has 40 valence electrons. The Hall–Kier alpha value is 1.35. The average Bonchev–Trinajstić information content (AvgIpc) is 0.811. The second-order valence-corrected chi connectivity index (χ2v) is 0.671. The van der Waals surface area contributed by atoms with Gasteiger partial charge in [-0.15, -0.1) is 0 Å². The number of hydrogen-bond acceptors (Lipinski definition) is 3. The summed E-state index contributed by atoms with van der Waals surface area (Å²) in [6, 6.07) is 0. The van der Waals surface area contributed by atoms with Crippen molar-refractivity contribution in [2.45, 2.75) is 0 Å². The van der Waals surface area contributed by atoms with E-state index in [4.69, 9.17) is 14.7 Å². The summed E-state index contributed by atoms with van der Waals surface area (Å²) in [6.45, 7) is 0. The van der Waals surface area contributed by atoms with Crippen LogP contribution in [0.2, 0.25) is 0 Å². The molecule has 0 aliphatic rings. The summed E-state index contributed by atoms with van der Waals surface area (Å²) in [5.74, 6) is 0. The van der Waals surface area contributed by atoms with Crippen LogP contribution in [-0.4, -0.2) is 0 Å². The summed E-state index contributed by atoms with van der Waals surface area (Å²) in [5, 5.41) is 0. The van der Waals surface area contributed by atoms with Gasteiger partial charge in [0.15, 0.2) is 0 Å². The molecule has 3 nitrogen and oxygen atoms in total. The molecule has 0 spiro atoms. The molecule has 0 rings (SSSR count). The van der Waals surface area contributed by atoms with E-state index in [9.17, 15) is 0 Å². The van der Waals surface area contributed by atoms with Crippen molar-refractivity contribution in [3.05, 3.63) is 0 Å². The van der Waals surface area contributed by atoms with E-state index in [0.717, 1.165) is 0 Å².